The van der Waals surface area contributed by atoms with Crippen molar-refractivity contribution in [2.24, 2.45) is 0 Å². The van der Waals surface area contributed by atoms with Crippen LogP contribution in [-0.2, 0) is 4.74 Å². The molecule has 0 aliphatic rings. The van der Waals surface area contributed by atoms with Gasteiger partial charge in [0, 0.05) is 20.3 Å². The number of rotatable bonds is 5. The first-order chi connectivity index (χ1) is 6.68. The fourth-order valence-electron chi connectivity index (χ4n) is 0.645. The minimum absolute atomic E-state index is 0.0590. The molecule has 0 rings (SSSR count). The highest BCUT2D eigenvalue weighted by atomic mass is 16.5. The second-order valence-corrected chi connectivity index (χ2v) is 4.72. The summed E-state index contributed by atoms with van der Waals surface area (Å²) in [6.07, 6.45) is 1.15. The van der Waals surface area contributed by atoms with E-state index in [1.54, 1.807) is 21.0 Å². The van der Waals surface area contributed by atoms with Crippen molar-refractivity contribution < 1.29 is 20.1 Å². The molecular weight excluding hydrogens is 196 g/mol. The average Bonchev–Trinajstić information content (AvgIpc) is 2.03. The van der Waals surface area contributed by atoms with E-state index in [-0.39, 0.29) is 18.8 Å². The lowest BCUT2D eigenvalue weighted by molar-refractivity contribution is 0.00292. The van der Waals surface area contributed by atoms with Crippen molar-refractivity contribution in [2.75, 3.05) is 20.3 Å². The van der Waals surface area contributed by atoms with Gasteiger partial charge in [0.05, 0.1) is 11.2 Å². The van der Waals surface area contributed by atoms with Gasteiger partial charge in [-0.05, 0) is 40.5 Å². The highest BCUT2D eigenvalue weighted by Crippen LogP contribution is 2.10. The molecule has 0 aromatic carbocycles. The highest BCUT2D eigenvalue weighted by Gasteiger charge is 2.13. The smallest absolute Gasteiger partial charge is 0.0644 e. The Hall–Kier alpha value is -0.160. The van der Waals surface area contributed by atoms with Crippen molar-refractivity contribution in [3.05, 3.63) is 0 Å². The van der Waals surface area contributed by atoms with E-state index in [2.05, 4.69) is 0 Å². The summed E-state index contributed by atoms with van der Waals surface area (Å²) in [5, 5.41) is 25.6. The largest absolute Gasteiger partial charge is 0.396 e. The molecular formula is C11H26O4. The Balaban J connectivity index is 0. The first-order valence-electron chi connectivity index (χ1n) is 5.18. The van der Waals surface area contributed by atoms with Crippen LogP contribution in [0.4, 0.5) is 0 Å². The maximum atomic E-state index is 8.86. The first-order valence-corrected chi connectivity index (χ1v) is 5.18. The second kappa shape index (κ2) is 8.05. The van der Waals surface area contributed by atoms with Gasteiger partial charge in [-0.15, -0.1) is 0 Å². The zero-order valence-electron chi connectivity index (χ0n) is 10.6. The molecule has 15 heavy (non-hydrogen) atoms. The number of hydrogen-bond acceptors (Lipinski definition) is 4. The molecule has 0 fully saturated rings. The number of ether oxygens (including phenoxy) is 1. The molecule has 0 aromatic rings. The van der Waals surface area contributed by atoms with Crippen molar-refractivity contribution in [3.63, 3.8) is 0 Å². The topological polar surface area (TPSA) is 69.9 Å². The Labute approximate surface area is 92.9 Å². The molecule has 0 spiro atoms. The summed E-state index contributed by atoms with van der Waals surface area (Å²) < 4.78 is 5.02. The van der Waals surface area contributed by atoms with Gasteiger partial charge in [0.15, 0.2) is 0 Å². The molecule has 3 N–H and O–H groups in total. The van der Waals surface area contributed by atoms with Crippen LogP contribution < -0.4 is 0 Å². The van der Waals surface area contributed by atoms with Crippen LogP contribution >= 0.6 is 0 Å². The molecule has 0 saturated carbocycles. The van der Waals surface area contributed by atoms with Gasteiger partial charge >= 0.3 is 0 Å². The number of aliphatic hydroxyl groups excluding tert-OH is 2. The van der Waals surface area contributed by atoms with Crippen LogP contribution in [0.1, 0.15) is 40.5 Å². The van der Waals surface area contributed by atoms with Gasteiger partial charge in [-0.1, -0.05) is 0 Å². The molecule has 0 bridgehead atoms. The lowest BCUT2D eigenvalue weighted by Crippen LogP contribution is -2.23. The maximum Gasteiger partial charge on any atom is 0.0644 e. The van der Waals surface area contributed by atoms with Crippen LogP contribution in [0.15, 0.2) is 0 Å². The summed E-state index contributed by atoms with van der Waals surface area (Å²) in [6, 6.07) is 0. The van der Waals surface area contributed by atoms with Crippen molar-refractivity contribution in [1.82, 2.24) is 0 Å². The van der Waals surface area contributed by atoms with Crippen LogP contribution in [0, 0.1) is 0 Å². The summed E-state index contributed by atoms with van der Waals surface area (Å²) in [5.74, 6) is 0. The van der Waals surface area contributed by atoms with E-state index in [0.717, 1.165) is 0 Å². The Kier molecular flexibility index (Phi) is 9.25. The summed E-state index contributed by atoms with van der Waals surface area (Å²) in [4.78, 5) is 0. The molecule has 4 nitrogen and oxygen atoms in total. The predicted octanol–water partition coefficient (Wildman–Crippen LogP) is 0.933. The van der Waals surface area contributed by atoms with Gasteiger partial charge in [0.2, 0.25) is 0 Å². The Bertz CT molecular complexity index is 138. The summed E-state index contributed by atoms with van der Waals surface area (Å²) in [7, 11) is 1.65. The average molecular weight is 222 g/mol. The minimum atomic E-state index is -0.700. The van der Waals surface area contributed by atoms with E-state index in [9.17, 15) is 0 Å². The molecule has 0 aliphatic carbocycles. The van der Waals surface area contributed by atoms with Gasteiger partial charge < -0.3 is 20.1 Å². The minimum Gasteiger partial charge on any atom is -0.396 e. The standard InChI is InChI=1S/C6H14O2.C5H12O2/c1-6(2,8-3)4-5-7;1-5(2,7)3-4-6/h7H,4-5H2,1-3H3;6-7H,3-4H2,1-2H3. The van der Waals surface area contributed by atoms with Crippen molar-refractivity contribution in [2.45, 2.75) is 51.7 Å². The summed E-state index contributed by atoms with van der Waals surface area (Å²) >= 11 is 0. The normalized spacial score (nSPS) is 12.0. The number of methoxy groups -OCH3 is 1. The number of hydrogen-bond donors (Lipinski definition) is 3. The quantitative estimate of drug-likeness (QED) is 0.647. The summed E-state index contributed by atoms with van der Waals surface area (Å²) in [6.45, 7) is 7.49. The third-order valence-corrected chi connectivity index (χ3v) is 1.99. The molecule has 0 saturated heterocycles. The van der Waals surface area contributed by atoms with Crippen molar-refractivity contribution in [3.8, 4) is 0 Å². The molecule has 94 valence electrons. The second-order valence-electron chi connectivity index (χ2n) is 4.72. The van der Waals surface area contributed by atoms with Gasteiger partial charge in [-0.3, -0.25) is 0 Å². The van der Waals surface area contributed by atoms with E-state index in [1.807, 2.05) is 13.8 Å². The molecule has 0 radical (unpaired) electrons. The molecule has 0 heterocycles. The van der Waals surface area contributed by atoms with E-state index < -0.39 is 5.60 Å². The molecule has 0 atom stereocenters. The van der Waals surface area contributed by atoms with Crippen LogP contribution in [0.5, 0.6) is 0 Å². The van der Waals surface area contributed by atoms with Crippen LogP contribution in [-0.4, -0.2) is 46.8 Å². The molecule has 0 aliphatic heterocycles. The Morgan fingerprint density at radius 3 is 1.40 bits per heavy atom. The van der Waals surface area contributed by atoms with E-state index in [0.29, 0.717) is 12.8 Å². The van der Waals surface area contributed by atoms with Gasteiger partial charge in [0.1, 0.15) is 0 Å². The lowest BCUT2D eigenvalue weighted by atomic mass is 10.1. The van der Waals surface area contributed by atoms with Gasteiger partial charge in [-0.25, -0.2) is 0 Å². The van der Waals surface area contributed by atoms with E-state index >= 15 is 0 Å². The third-order valence-electron chi connectivity index (χ3n) is 1.99. The van der Waals surface area contributed by atoms with Gasteiger partial charge in [-0.2, -0.15) is 0 Å². The lowest BCUT2D eigenvalue weighted by Gasteiger charge is -2.20. The Morgan fingerprint density at radius 1 is 0.933 bits per heavy atom. The summed E-state index contributed by atoms with van der Waals surface area (Å²) in [5.41, 5.74) is -0.858. The molecule has 0 unspecified atom stereocenters. The third kappa shape index (κ3) is 16.5. The van der Waals surface area contributed by atoms with E-state index in [1.165, 1.54) is 0 Å². The first kappa shape index (κ1) is 17.2. The van der Waals surface area contributed by atoms with Crippen molar-refractivity contribution >= 4 is 0 Å². The monoisotopic (exact) mass is 222 g/mol. The van der Waals surface area contributed by atoms with Crippen LogP contribution in [0.2, 0.25) is 0 Å². The molecule has 4 heteroatoms. The fraction of sp³-hybridized carbons (Fsp3) is 1.00. The van der Waals surface area contributed by atoms with Crippen molar-refractivity contribution in [1.29, 1.82) is 0 Å². The zero-order chi connectivity index (χ0) is 12.5. The van der Waals surface area contributed by atoms with Crippen LogP contribution in [0.25, 0.3) is 0 Å². The predicted molar refractivity (Wildman–Crippen MR) is 60.8 cm³/mol. The fourth-order valence-corrected chi connectivity index (χ4v) is 0.645. The van der Waals surface area contributed by atoms with Crippen LogP contribution in [0.3, 0.4) is 0 Å². The molecule has 0 aromatic heterocycles. The SMILES string of the molecule is CC(C)(O)CCO.COC(C)(C)CCO. The number of aliphatic hydroxyl groups is 3. The molecule has 0 amide bonds. The van der Waals surface area contributed by atoms with E-state index in [4.69, 9.17) is 20.1 Å². The maximum absolute atomic E-state index is 8.86. The van der Waals surface area contributed by atoms with Gasteiger partial charge in [0.25, 0.3) is 0 Å². The zero-order valence-corrected chi connectivity index (χ0v) is 10.6. The highest BCUT2D eigenvalue weighted by molar-refractivity contribution is 4.65. The Morgan fingerprint density at radius 2 is 1.33 bits per heavy atom.